The van der Waals surface area contributed by atoms with E-state index in [2.05, 4.69) is 4.72 Å². The van der Waals surface area contributed by atoms with Crippen LogP contribution in [0.15, 0.2) is 46.2 Å². The van der Waals surface area contributed by atoms with Crippen molar-refractivity contribution in [2.45, 2.75) is 42.7 Å². The van der Waals surface area contributed by atoms with Gasteiger partial charge in [-0.25, -0.2) is 13.1 Å². The number of aryl methyl sites for hydroxylation is 1. The molecule has 0 spiro atoms. The minimum Gasteiger partial charge on any atom is -0.290 e. The van der Waals surface area contributed by atoms with Crippen molar-refractivity contribution in [2.24, 2.45) is 0 Å². The molecule has 1 radical (unpaired) electrons. The number of alkyl halides is 3. The average Bonchev–Trinajstić information content (AvgIpc) is 2.61. The van der Waals surface area contributed by atoms with E-state index in [1.807, 2.05) is 0 Å². The predicted octanol–water partition coefficient (Wildman–Crippen LogP) is 5.18. The highest BCUT2D eigenvalue weighted by atomic mass is 32.2. The lowest BCUT2D eigenvalue weighted by atomic mass is 10.0. The quantitative estimate of drug-likeness (QED) is 0.462. The second-order valence-electron chi connectivity index (χ2n) is 6.20. The SMILES string of the molecule is CCCc1c(C(F)(F)F)cccc1S(=O)(=O)NCCSc1ccc([O])c(C)c1. The van der Waals surface area contributed by atoms with Gasteiger partial charge in [0.25, 0.3) is 0 Å². The summed E-state index contributed by atoms with van der Waals surface area (Å²) in [7, 11) is -4.08. The van der Waals surface area contributed by atoms with Gasteiger partial charge in [0, 0.05) is 17.2 Å². The lowest BCUT2D eigenvalue weighted by Crippen LogP contribution is -2.28. The van der Waals surface area contributed by atoms with Gasteiger partial charge in [-0.05, 0) is 54.8 Å². The van der Waals surface area contributed by atoms with Crippen molar-refractivity contribution in [1.29, 1.82) is 0 Å². The third kappa shape index (κ3) is 5.65. The van der Waals surface area contributed by atoms with E-state index in [1.165, 1.54) is 23.9 Å². The van der Waals surface area contributed by atoms with Crippen molar-refractivity contribution in [2.75, 3.05) is 12.3 Å². The van der Waals surface area contributed by atoms with Gasteiger partial charge >= 0.3 is 6.18 Å². The van der Waals surface area contributed by atoms with Crippen LogP contribution in [0.4, 0.5) is 13.2 Å². The minimum atomic E-state index is -4.61. The topological polar surface area (TPSA) is 66.1 Å². The van der Waals surface area contributed by atoms with Crippen molar-refractivity contribution in [3.8, 4) is 5.75 Å². The monoisotopic (exact) mass is 432 g/mol. The van der Waals surface area contributed by atoms with Crippen molar-refractivity contribution < 1.29 is 26.7 Å². The molecule has 0 bridgehead atoms. The second-order valence-corrected chi connectivity index (χ2v) is 9.11. The number of sulfonamides is 1. The molecular weight excluding hydrogens is 411 g/mol. The number of nitrogens with one attached hydrogen (secondary N) is 1. The molecule has 28 heavy (non-hydrogen) atoms. The molecule has 0 atom stereocenters. The van der Waals surface area contributed by atoms with Crippen LogP contribution < -0.4 is 4.72 Å². The van der Waals surface area contributed by atoms with E-state index in [0.717, 1.165) is 17.0 Å². The van der Waals surface area contributed by atoms with Crippen LogP contribution in [-0.2, 0) is 27.7 Å². The Bertz CT molecular complexity index is 929. The van der Waals surface area contributed by atoms with Crippen LogP contribution in [0.25, 0.3) is 0 Å². The van der Waals surface area contributed by atoms with E-state index < -0.39 is 21.8 Å². The summed E-state index contributed by atoms with van der Waals surface area (Å²) in [5.41, 5.74) is -0.530. The Hall–Kier alpha value is -1.71. The van der Waals surface area contributed by atoms with Crippen molar-refractivity contribution in [3.05, 3.63) is 53.1 Å². The van der Waals surface area contributed by atoms with Gasteiger partial charge < -0.3 is 0 Å². The largest absolute Gasteiger partial charge is 0.416 e. The molecule has 2 aromatic carbocycles. The maximum atomic E-state index is 13.3. The van der Waals surface area contributed by atoms with Crippen LogP contribution in [0.2, 0.25) is 0 Å². The Morgan fingerprint density at radius 3 is 2.46 bits per heavy atom. The highest BCUT2D eigenvalue weighted by molar-refractivity contribution is 7.99. The maximum absolute atomic E-state index is 13.3. The van der Waals surface area contributed by atoms with E-state index in [-0.39, 0.29) is 29.2 Å². The third-order valence-electron chi connectivity index (χ3n) is 4.04. The number of halogens is 3. The van der Waals surface area contributed by atoms with Crippen LogP contribution in [0, 0.1) is 6.92 Å². The van der Waals surface area contributed by atoms with Gasteiger partial charge in [0.05, 0.1) is 10.5 Å². The molecule has 0 saturated carbocycles. The first kappa shape index (κ1) is 22.6. The first-order valence-electron chi connectivity index (χ1n) is 8.65. The van der Waals surface area contributed by atoms with E-state index in [0.29, 0.717) is 17.7 Å². The van der Waals surface area contributed by atoms with Gasteiger partial charge in [-0.15, -0.1) is 11.8 Å². The van der Waals surface area contributed by atoms with Gasteiger partial charge in [0.2, 0.25) is 10.0 Å². The lowest BCUT2D eigenvalue weighted by molar-refractivity contribution is -0.138. The first-order chi connectivity index (χ1) is 13.1. The fraction of sp³-hybridized carbons (Fsp3) is 0.368. The fourth-order valence-electron chi connectivity index (χ4n) is 2.73. The molecule has 0 fully saturated rings. The molecule has 0 heterocycles. The number of thioether (sulfide) groups is 1. The number of benzene rings is 2. The molecule has 1 N–H and O–H groups in total. The summed E-state index contributed by atoms with van der Waals surface area (Å²) in [6, 6.07) is 8.03. The highest BCUT2D eigenvalue weighted by Gasteiger charge is 2.35. The van der Waals surface area contributed by atoms with Crippen LogP contribution >= 0.6 is 11.8 Å². The fourth-order valence-corrected chi connectivity index (χ4v) is 5.04. The van der Waals surface area contributed by atoms with E-state index >= 15 is 0 Å². The predicted molar refractivity (Wildman–Crippen MR) is 103 cm³/mol. The molecule has 153 valence electrons. The highest BCUT2D eigenvalue weighted by Crippen LogP contribution is 2.35. The van der Waals surface area contributed by atoms with Gasteiger partial charge in [-0.1, -0.05) is 19.4 Å². The molecule has 0 aliphatic carbocycles. The smallest absolute Gasteiger partial charge is 0.290 e. The number of hydrogen-bond acceptors (Lipinski definition) is 3. The van der Waals surface area contributed by atoms with E-state index in [9.17, 15) is 26.7 Å². The zero-order chi connectivity index (χ0) is 20.9. The summed E-state index contributed by atoms with van der Waals surface area (Å²) < 4.78 is 67.3. The molecule has 2 rings (SSSR count). The van der Waals surface area contributed by atoms with E-state index in [4.69, 9.17) is 0 Å². The van der Waals surface area contributed by atoms with Crippen LogP contribution in [-0.4, -0.2) is 20.7 Å². The minimum absolute atomic E-state index is 0.0154. The Kier molecular flexibility index (Phi) is 7.41. The molecule has 0 amide bonds. The Morgan fingerprint density at radius 2 is 1.86 bits per heavy atom. The standard InChI is InChI=1S/C19H21F3NO3S2/c1-3-5-15-16(19(20,21)22)6-4-7-18(15)28(25,26)23-10-11-27-14-8-9-17(24)13(2)12-14/h4,6-9,12,23H,3,5,10-11H2,1-2H3. The maximum Gasteiger partial charge on any atom is 0.416 e. The normalized spacial score (nSPS) is 12.3. The van der Waals surface area contributed by atoms with E-state index in [1.54, 1.807) is 26.0 Å². The molecular formula is C19H21F3NO3S2. The number of rotatable bonds is 8. The number of hydrogen-bond donors (Lipinski definition) is 1. The van der Waals surface area contributed by atoms with Crippen LogP contribution in [0.1, 0.15) is 30.0 Å². The Labute approximate surface area is 167 Å². The van der Waals surface area contributed by atoms with Gasteiger partial charge in [-0.3, -0.25) is 5.11 Å². The molecule has 0 aromatic heterocycles. The van der Waals surface area contributed by atoms with Crippen LogP contribution in [0.3, 0.4) is 0 Å². The third-order valence-corrected chi connectivity index (χ3v) is 6.58. The van der Waals surface area contributed by atoms with Gasteiger partial charge in [0.1, 0.15) is 0 Å². The summed E-state index contributed by atoms with van der Waals surface area (Å²) >= 11 is 1.36. The van der Waals surface area contributed by atoms with Crippen molar-refractivity contribution in [1.82, 2.24) is 4.72 Å². The summed E-state index contributed by atoms with van der Waals surface area (Å²) in [6.07, 6.45) is -4.21. The zero-order valence-corrected chi connectivity index (χ0v) is 17.1. The second kappa shape index (κ2) is 9.19. The molecule has 0 aliphatic rings. The van der Waals surface area contributed by atoms with Gasteiger partial charge in [-0.2, -0.15) is 13.2 Å². The summed E-state index contributed by atoms with van der Waals surface area (Å²) in [5, 5.41) is 11.4. The Morgan fingerprint density at radius 1 is 1.14 bits per heavy atom. The summed E-state index contributed by atoms with van der Waals surface area (Å²) in [6.45, 7) is 3.44. The first-order valence-corrected chi connectivity index (χ1v) is 11.1. The zero-order valence-electron chi connectivity index (χ0n) is 15.5. The molecule has 0 aliphatic heterocycles. The van der Waals surface area contributed by atoms with Crippen molar-refractivity contribution in [3.63, 3.8) is 0 Å². The summed E-state index contributed by atoms with van der Waals surface area (Å²) in [4.78, 5) is 0.489. The molecule has 2 aromatic rings. The van der Waals surface area contributed by atoms with Gasteiger partial charge in [0.15, 0.2) is 5.75 Å². The molecule has 0 unspecified atom stereocenters. The molecule has 4 nitrogen and oxygen atoms in total. The lowest BCUT2D eigenvalue weighted by Gasteiger charge is -2.17. The molecule has 9 heteroatoms. The Balaban J connectivity index is 2.12. The van der Waals surface area contributed by atoms with Crippen molar-refractivity contribution >= 4 is 21.8 Å². The molecule has 0 saturated heterocycles. The summed E-state index contributed by atoms with van der Waals surface area (Å²) in [5.74, 6) is 0.303. The average molecular weight is 433 g/mol. The van der Waals surface area contributed by atoms with Crippen LogP contribution in [0.5, 0.6) is 5.75 Å².